The second-order valence-corrected chi connectivity index (χ2v) is 10.9. The fourth-order valence-corrected chi connectivity index (χ4v) is 5.33. The van der Waals surface area contributed by atoms with E-state index in [0.717, 1.165) is 37.2 Å². The molecule has 0 saturated heterocycles. The van der Waals surface area contributed by atoms with Crippen LogP contribution in [0.3, 0.4) is 0 Å². The second kappa shape index (κ2) is 8.25. The van der Waals surface area contributed by atoms with Crippen LogP contribution in [0.5, 0.6) is 0 Å². The Bertz CT molecular complexity index is 1630. The smallest absolute Gasteiger partial charge is 0.278 e. The largest absolute Gasteiger partial charge is 0.324 e. The van der Waals surface area contributed by atoms with E-state index >= 15 is 0 Å². The number of nitriles is 1. The Hall–Kier alpha value is -4.03. The van der Waals surface area contributed by atoms with Gasteiger partial charge in [-0.1, -0.05) is 12.1 Å². The van der Waals surface area contributed by atoms with E-state index in [1.54, 1.807) is 15.6 Å². The summed E-state index contributed by atoms with van der Waals surface area (Å²) >= 11 is 0. The summed E-state index contributed by atoms with van der Waals surface area (Å²) in [6, 6.07) is 14.2. The molecule has 0 radical (unpaired) electrons. The minimum absolute atomic E-state index is 0.0660. The average Bonchev–Trinajstić information content (AvgIpc) is 3.62. The summed E-state index contributed by atoms with van der Waals surface area (Å²) in [5.41, 5.74) is 3.93. The summed E-state index contributed by atoms with van der Waals surface area (Å²) < 4.78 is 3.41. The third kappa shape index (κ3) is 3.80. The lowest BCUT2D eigenvalue weighted by molar-refractivity contribution is 0.382. The molecular formula is C28H30N8O. The Balaban J connectivity index is 1.45. The number of hydrogen-bond donors (Lipinski definition) is 2. The summed E-state index contributed by atoms with van der Waals surface area (Å²) in [6.45, 7) is 9.22. The topological polar surface area (TPSA) is 113 Å². The number of nitrogens with zero attached hydrogens (tertiary/aromatic N) is 6. The maximum Gasteiger partial charge on any atom is 0.278 e. The minimum Gasteiger partial charge on any atom is -0.324 e. The molecule has 9 nitrogen and oxygen atoms in total. The van der Waals surface area contributed by atoms with Gasteiger partial charge in [0.1, 0.15) is 5.39 Å². The van der Waals surface area contributed by atoms with Crippen LogP contribution in [0.4, 0.5) is 11.6 Å². The molecule has 0 unspecified atom stereocenters. The number of nitrogens with one attached hydrogen (secondary N) is 2. The highest BCUT2D eigenvalue weighted by molar-refractivity contribution is 5.77. The number of fused-ring (bicyclic) bond motifs is 2. The molecule has 2 aliphatic rings. The van der Waals surface area contributed by atoms with Crippen molar-refractivity contribution < 1.29 is 0 Å². The number of benzene rings is 1. The normalized spacial score (nSPS) is 17.4. The molecule has 37 heavy (non-hydrogen) atoms. The molecule has 0 atom stereocenters. The first-order chi connectivity index (χ1) is 17.7. The molecule has 1 aliphatic heterocycles. The van der Waals surface area contributed by atoms with Crippen LogP contribution in [0, 0.1) is 11.3 Å². The van der Waals surface area contributed by atoms with Gasteiger partial charge < -0.3 is 10.6 Å². The standard InChI is InChI=1S/C28H30N8O/c1-17(2)35-25(37)20-15-30-26(32-19-8-9-21-18(14-19)10-13-31-27(21,3)4)34-24(20)36(35)23-7-5-6-22(33-23)28(16-29)11-12-28/h5-9,14-15,17,31H,10-13H2,1-4H3,(H,30,32,34). The Morgan fingerprint density at radius 2 is 1.97 bits per heavy atom. The zero-order valence-electron chi connectivity index (χ0n) is 21.5. The Kier molecular flexibility index (Phi) is 5.21. The molecule has 1 fully saturated rings. The van der Waals surface area contributed by atoms with Gasteiger partial charge in [-0.25, -0.2) is 19.3 Å². The van der Waals surface area contributed by atoms with Gasteiger partial charge in [-0.05, 0) is 88.9 Å². The van der Waals surface area contributed by atoms with Crippen molar-refractivity contribution in [1.29, 1.82) is 5.26 Å². The summed E-state index contributed by atoms with van der Waals surface area (Å²) in [5.74, 6) is 0.968. The maximum atomic E-state index is 13.4. The van der Waals surface area contributed by atoms with E-state index in [1.165, 1.54) is 11.1 Å². The van der Waals surface area contributed by atoms with Crippen LogP contribution in [-0.2, 0) is 17.4 Å². The van der Waals surface area contributed by atoms with Crippen LogP contribution in [0.15, 0.2) is 47.4 Å². The molecule has 4 heterocycles. The van der Waals surface area contributed by atoms with Gasteiger partial charge in [-0.3, -0.25) is 4.79 Å². The SMILES string of the molecule is CC(C)n1c(=O)c2cnc(Nc3ccc4c(c3)CCNC4(C)C)nc2n1-c1cccc(C2(C#N)CC2)n1. The van der Waals surface area contributed by atoms with Crippen molar-refractivity contribution in [3.63, 3.8) is 0 Å². The molecule has 2 N–H and O–H groups in total. The van der Waals surface area contributed by atoms with Crippen molar-refractivity contribution in [2.75, 3.05) is 11.9 Å². The highest BCUT2D eigenvalue weighted by Gasteiger charge is 2.46. The third-order valence-electron chi connectivity index (χ3n) is 7.51. The monoisotopic (exact) mass is 494 g/mol. The van der Waals surface area contributed by atoms with E-state index < -0.39 is 5.41 Å². The van der Waals surface area contributed by atoms with Gasteiger partial charge in [0.2, 0.25) is 5.95 Å². The predicted octanol–water partition coefficient (Wildman–Crippen LogP) is 4.24. The molecule has 9 heteroatoms. The number of aromatic nitrogens is 5. The molecule has 6 rings (SSSR count). The molecule has 1 aromatic carbocycles. The highest BCUT2D eigenvalue weighted by Crippen LogP contribution is 2.46. The lowest BCUT2D eigenvalue weighted by Crippen LogP contribution is -2.42. The zero-order valence-corrected chi connectivity index (χ0v) is 21.5. The number of pyridine rings is 1. The van der Waals surface area contributed by atoms with E-state index in [-0.39, 0.29) is 17.1 Å². The summed E-state index contributed by atoms with van der Waals surface area (Å²) in [7, 11) is 0. The quantitative estimate of drug-likeness (QED) is 0.427. The van der Waals surface area contributed by atoms with Crippen LogP contribution < -0.4 is 16.2 Å². The third-order valence-corrected chi connectivity index (χ3v) is 7.51. The van der Waals surface area contributed by atoms with E-state index in [0.29, 0.717) is 22.8 Å². The minimum atomic E-state index is -0.528. The molecule has 4 aromatic rings. The van der Waals surface area contributed by atoms with E-state index in [2.05, 4.69) is 47.7 Å². The second-order valence-electron chi connectivity index (χ2n) is 10.9. The first kappa shape index (κ1) is 23.4. The summed E-state index contributed by atoms with van der Waals surface area (Å²) in [4.78, 5) is 27.4. The van der Waals surface area contributed by atoms with Crippen molar-refractivity contribution in [3.05, 3.63) is 69.8 Å². The Labute approximate surface area is 215 Å². The first-order valence-corrected chi connectivity index (χ1v) is 12.8. The zero-order chi connectivity index (χ0) is 25.9. The van der Waals surface area contributed by atoms with Gasteiger partial charge in [-0.2, -0.15) is 10.2 Å². The molecule has 188 valence electrons. The van der Waals surface area contributed by atoms with Gasteiger partial charge in [0.25, 0.3) is 5.56 Å². The molecule has 0 bridgehead atoms. The molecule has 3 aromatic heterocycles. The van der Waals surface area contributed by atoms with Crippen LogP contribution in [0.2, 0.25) is 0 Å². The average molecular weight is 495 g/mol. The van der Waals surface area contributed by atoms with Crippen LogP contribution in [-0.4, -0.2) is 30.9 Å². The molecule has 0 amide bonds. The maximum absolute atomic E-state index is 13.4. The van der Waals surface area contributed by atoms with Gasteiger partial charge in [0.05, 0.1) is 17.2 Å². The Morgan fingerprint density at radius 3 is 2.70 bits per heavy atom. The number of rotatable bonds is 5. The fraction of sp³-hybridized carbons (Fsp3) is 0.393. The van der Waals surface area contributed by atoms with E-state index in [1.807, 2.05) is 38.1 Å². The predicted molar refractivity (Wildman–Crippen MR) is 142 cm³/mol. The summed E-state index contributed by atoms with van der Waals surface area (Å²) in [6.07, 6.45) is 4.13. The van der Waals surface area contributed by atoms with Crippen LogP contribution in [0.1, 0.15) is 63.4 Å². The van der Waals surface area contributed by atoms with Crippen molar-refractivity contribution in [3.8, 4) is 11.9 Å². The van der Waals surface area contributed by atoms with Gasteiger partial charge in [0.15, 0.2) is 11.5 Å². The molecule has 1 saturated carbocycles. The van der Waals surface area contributed by atoms with E-state index in [4.69, 9.17) is 9.97 Å². The lowest BCUT2D eigenvalue weighted by Gasteiger charge is -2.34. The molecule has 1 aliphatic carbocycles. The molecule has 0 spiro atoms. The van der Waals surface area contributed by atoms with Crippen molar-refractivity contribution in [1.82, 2.24) is 29.6 Å². The van der Waals surface area contributed by atoms with Gasteiger partial charge in [0, 0.05) is 23.5 Å². The van der Waals surface area contributed by atoms with Crippen LogP contribution in [0.25, 0.3) is 16.9 Å². The van der Waals surface area contributed by atoms with Crippen molar-refractivity contribution in [2.45, 2.75) is 64.0 Å². The first-order valence-electron chi connectivity index (χ1n) is 12.8. The Morgan fingerprint density at radius 1 is 1.16 bits per heavy atom. The highest BCUT2D eigenvalue weighted by atomic mass is 16.1. The van der Waals surface area contributed by atoms with Gasteiger partial charge >= 0.3 is 0 Å². The lowest BCUT2D eigenvalue weighted by atomic mass is 9.85. The molecular weight excluding hydrogens is 464 g/mol. The van der Waals surface area contributed by atoms with Crippen molar-refractivity contribution in [2.24, 2.45) is 0 Å². The van der Waals surface area contributed by atoms with Crippen LogP contribution >= 0.6 is 0 Å². The number of hydrogen-bond acceptors (Lipinski definition) is 7. The fourth-order valence-electron chi connectivity index (χ4n) is 5.33. The van der Waals surface area contributed by atoms with Crippen molar-refractivity contribution >= 4 is 22.7 Å². The van der Waals surface area contributed by atoms with E-state index in [9.17, 15) is 10.1 Å². The summed E-state index contributed by atoms with van der Waals surface area (Å²) in [5, 5.41) is 17.0. The number of anilines is 2. The van der Waals surface area contributed by atoms with Gasteiger partial charge in [-0.15, -0.1) is 0 Å².